The van der Waals surface area contributed by atoms with Gasteiger partial charge in [-0.1, -0.05) is 17.4 Å². The minimum atomic E-state index is -0.240. The molecule has 23 heavy (non-hydrogen) atoms. The molecular formula is C16H11N5OS. The van der Waals surface area contributed by atoms with Crippen molar-refractivity contribution in [1.82, 2.24) is 15.2 Å². The molecule has 0 atom stereocenters. The third-order valence-electron chi connectivity index (χ3n) is 3.15. The Morgan fingerprint density at radius 1 is 1.26 bits per heavy atom. The van der Waals surface area contributed by atoms with Crippen LogP contribution in [0.15, 0.2) is 48.8 Å². The highest BCUT2D eigenvalue weighted by atomic mass is 32.1. The summed E-state index contributed by atoms with van der Waals surface area (Å²) >= 11 is 1.30. The Morgan fingerprint density at radius 2 is 2.13 bits per heavy atom. The van der Waals surface area contributed by atoms with E-state index in [1.165, 1.54) is 16.2 Å². The Hall–Kier alpha value is -3.11. The Kier molecular flexibility index (Phi) is 4.08. The van der Waals surface area contributed by atoms with Crippen LogP contribution in [-0.2, 0) is 0 Å². The van der Waals surface area contributed by atoms with Crippen LogP contribution in [0.5, 0.6) is 0 Å². The van der Waals surface area contributed by atoms with E-state index in [0.29, 0.717) is 21.3 Å². The molecule has 0 saturated carbocycles. The van der Waals surface area contributed by atoms with Crippen molar-refractivity contribution in [3.05, 3.63) is 59.9 Å². The van der Waals surface area contributed by atoms with Gasteiger partial charge in [-0.05, 0) is 30.3 Å². The third-order valence-corrected chi connectivity index (χ3v) is 4.20. The van der Waals surface area contributed by atoms with Gasteiger partial charge in [0.05, 0.1) is 11.6 Å². The van der Waals surface area contributed by atoms with Crippen LogP contribution in [-0.4, -0.2) is 28.1 Å². The highest BCUT2D eigenvalue weighted by Gasteiger charge is 2.18. The average Bonchev–Trinajstić information content (AvgIpc) is 3.11. The van der Waals surface area contributed by atoms with Gasteiger partial charge < -0.3 is 0 Å². The predicted molar refractivity (Wildman–Crippen MR) is 87.0 cm³/mol. The summed E-state index contributed by atoms with van der Waals surface area (Å²) in [5, 5.41) is 18.3. The van der Waals surface area contributed by atoms with Crippen LogP contribution in [0.2, 0.25) is 0 Å². The van der Waals surface area contributed by atoms with Gasteiger partial charge in [0.2, 0.25) is 5.13 Å². The Balaban J connectivity index is 1.86. The van der Waals surface area contributed by atoms with E-state index in [9.17, 15) is 4.79 Å². The number of carbonyl (C=O) groups excluding carboxylic acids is 1. The minimum Gasteiger partial charge on any atom is -0.286 e. The van der Waals surface area contributed by atoms with Gasteiger partial charge in [-0.3, -0.25) is 14.7 Å². The lowest BCUT2D eigenvalue weighted by atomic mass is 10.1. The fourth-order valence-electron chi connectivity index (χ4n) is 1.96. The minimum absolute atomic E-state index is 0.240. The smallest absolute Gasteiger partial charge is 0.259 e. The topological polar surface area (TPSA) is 82.8 Å². The number of amides is 1. The number of hydrogen-bond donors (Lipinski definition) is 0. The quantitative estimate of drug-likeness (QED) is 0.740. The summed E-state index contributed by atoms with van der Waals surface area (Å²) in [4.78, 5) is 18.0. The monoisotopic (exact) mass is 321 g/mol. The largest absolute Gasteiger partial charge is 0.286 e. The Labute approximate surface area is 136 Å². The number of aromatic nitrogens is 3. The van der Waals surface area contributed by atoms with Gasteiger partial charge >= 0.3 is 0 Å². The number of pyridine rings is 1. The van der Waals surface area contributed by atoms with Crippen LogP contribution < -0.4 is 4.90 Å². The van der Waals surface area contributed by atoms with Crippen LogP contribution in [0.1, 0.15) is 15.9 Å². The second kappa shape index (κ2) is 6.34. The molecule has 2 aromatic heterocycles. The molecule has 1 aromatic carbocycles. The number of benzene rings is 1. The van der Waals surface area contributed by atoms with Crippen LogP contribution in [0.25, 0.3) is 10.6 Å². The molecule has 0 aliphatic carbocycles. The van der Waals surface area contributed by atoms with E-state index in [2.05, 4.69) is 15.2 Å². The van der Waals surface area contributed by atoms with Gasteiger partial charge in [-0.15, -0.1) is 10.2 Å². The molecule has 0 bridgehead atoms. The Bertz CT molecular complexity index is 885. The molecule has 0 unspecified atom stereocenters. The molecule has 6 nitrogen and oxygen atoms in total. The summed E-state index contributed by atoms with van der Waals surface area (Å²) in [6.07, 6.45) is 3.38. The van der Waals surface area contributed by atoms with Crippen molar-refractivity contribution in [2.75, 3.05) is 11.9 Å². The maximum absolute atomic E-state index is 12.5. The number of anilines is 1. The van der Waals surface area contributed by atoms with Crippen LogP contribution >= 0.6 is 11.3 Å². The van der Waals surface area contributed by atoms with E-state index < -0.39 is 0 Å². The molecule has 0 fully saturated rings. The molecule has 3 aromatic rings. The van der Waals surface area contributed by atoms with E-state index in [0.717, 1.165) is 5.56 Å². The van der Waals surface area contributed by atoms with Crippen molar-refractivity contribution in [3.63, 3.8) is 0 Å². The molecule has 0 aliphatic rings. The molecule has 7 heteroatoms. The van der Waals surface area contributed by atoms with Crippen molar-refractivity contribution < 1.29 is 4.79 Å². The summed E-state index contributed by atoms with van der Waals surface area (Å²) in [7, 11) is 1.63. The van der Waals surface area contributed by atoms with Crippen molar-refractivity contribution >= 4 is 22.4 Å². The second-order valence-electron chi connectivity index (χ2n) is 4.69. The number of nitrogens with zero attached hydrogens (tertiary/aromatic N) is 5. The molecule has 0 radical (unpaired) electrons. The van der Waals surface area contributed by atoms with Crippen molar-refractivity contribution in [2.24, 2.45) is 0 Å². The van der Waals surface area contributed by atoms with Gasteiger partial charge in [-0.25, -0.2) is 0 Å². The SMILES string of the molecule is CN(C(=O)c1cccc(C#N)c1)c1nnc(-c2cccnc2)s1. The molecular weight excluding hydrogens is 310 g/mol. The van der Waals surface area contributed by atoms with E-state index in [1.807, 2.05) is 18.2 Å². The summed E-state index contributed by atoms with van der Waals surface area (Å²) < 4.78 is 0. The van der Waals surface area contributed by atoms with Crippen LogP contribution in [0, 0.1) is 11.3 Å². The zero-order valence-corrected chi connectivity index (χ0v) is 13.0. The lowest BCUT2D eigenvalue weighted by Crippen LogP contribution is -2.26. The van der Waals surface area contributed by atoms with E-state index >= 15 is 0 Å². The molecule has 0 saturated heterocycles. The molecule has 112 valence electrons. The number of nitriles is 1. The summed E-state index contributed by atoms with van der Waals surface area (Å²) in [5.74, 6) is -0.240. The number of hydrogen-bond acceptors (Lipinski definition) is 6. The molecule has 3 rings (SSSR count). The molecule has 0 spiro atoms. The lowest BCUT2D eigenvalue weighted by Gasteiger charge is -2.12. The van der Waals surface area contributed by atoms with Crippen molar-refractivity contribution in [1.29, 1.82) is 5.26 Å². The normalized spacial score (nSPS) is 10.1. The first kappa shape index (κ1) is 14.8. The standard InChI is InChI=1S/C16H11N5OS/c1-21(15(22)12-5-2-4-11(8-12)9-17)16-20-19-14(23-16)13-6-3-7-18-10-13/h2-8,10H,1H3. The maximum Gasteiger partial charge on any atom is 0.259 e. The first-order valence-electron chi connectivity index (χ1n) is 6.71. The first-order chi connectivity index (χ1) is 11.2. The second-order valence-corrected chi connectivity index (χ2v) is 5.64. The highest BCUT2D eigenvalue weighted by Crippen LogP contribution is 2.28. The maximum atomic E-state index is 12.5. The van der Waals surface area contributed by atoms with Gasteiger partial charge in [0, 0.05) is 30.6 Å². The number of rotatable bonds is 3. The molecule has 0 aliphatic heterocycles. The van der Waals surface area contributed by atoms with Gasteiger partial charge in [-0.2, -0.15) is 5.26 Å². The summed E-state index contributed by atoms with van der Waals surface area (Å²) in [6.45, 7) is 0. The first-order valence-corrected chi connectivity index (χ1v) is 7.53. The fraction of sp³-hybridized carbons (Fsp3) is 0.0625. The zero-order valence-electron chi connectivity index (χ0n) is 12.2. The molecule has 2 heterocycles. The van der Waals surface area contributed by atoms with E-state index in [4.69, 9.17) is 5.26 Å². The van der Waals surface area contributed by atoms with Gasteiger partial charge in [0.15, 0.2) is 5.01 Å². The summed E-state index contributed by atoms with van der Waals surface area (Å²) in [5.41, 5.74) is 1.73. The third kappa shape index (κ3) is 3.07. The zero-order chi connectivity index (χ0) is 16.2. The van der Waals surface area contributed by atoms with Gasteiger partial charge in [0.1, 0.15) is 0 Å². The predicted octanol–water partition coefficient (Wildman–Crippen LogP) is 2.75. The molecule has 0 N–H and O–H groups in total. The van der Waals surface area contributed by atoms with E-state index in [-0.39, 0.29) is 5.91 Å². The Morgan fingerprint density at radius 3 is 2.87 bits per heavy atom. The van der Waals surface area contributed by atoms with Gasteiger partial charge in [0.25, 0.3) is 5.91 Å². The van der Waals surface area contributed by atoms with Crippen LogP contribution in [0.4, 0.5) is 5.13 Å². The molecule has 1 amide bonds. The van der Waals surface area contributed by atoms with E-state index in [1.54, 1.807) is 43.7 Å². The van der Waals surface area contributed by atoms with Crippen molar-refractivity contribution in [3.8, 4) is 16.6 Å². The lowest BCUT2D eigenvalue weighted by molar-refractivity contribution is 0.0993. The highest BCUT2D eigenvalue weighted by molar-refractivity contribution is 7.18. The number of carbonyl (C=O) groups is 1. The summed E-state index contributed by atoms with van der Waals surface area (Å²) in [6, 6.07) is 12.3. The van der Waals surface area contributed by atoms with Crippen molar-refractivity contribution in [2.45, 2.75) is 0 Å². The average molecular weight is 321 g/mol. The van der Waals surface area contributed by atoms with Crippen LogP contribution in [0.3, 0.4) is 0 Å². The fourth-order valence-corrected chi connectivity index (χ4v) is 2.75.